The molecule has 1 aliphatic carbocycles. The van der Waals surface area contributed by atoms with Crippen LogP contribution in [0.3, 0.4) is 0 Å². The van der Waals surface area contributed by atoms with Gasteiger partial charge in [-0.2, -0.15) is 4.31 Å². The van der Waals surface area contributed by atoms with Crippen LogP contribution in [0.15, 0.2) is 59.5 Å². The first-order valence-electron chi connectivity index (χ1n) is 13.8. The number of aliphatic hydroxyl groups is 1. The monoisotopic (exact) mass is 558 g/mol. The van der Waals surface area contributed by atoms with E-state index in [9.17, 15) is 18.3 Å². The third-order valence-corrected chi connectivity index (χ3v) is 10.0. The number of benzene rings is 2. The van der Waals surface area contributed by atoms with Crippen molar-refractivity contribution in [2.75, 3.05) is 26.8 Å². The maximum Gasteiger partial charge on any atom is 0.243 e. The Morgan fingerprint density at radius 3 is 2.44 bits per heavy atom. The van der Waals surface area contributed by atoms with Gasteiger partial charge < -0.3 is 19.9 Å². The molecule has 2 aliphatic rings. The Hall–Kier alpha value is -2.46. The van der Waals surface area contributed by atoms with Gasteiger partial charge in [0.1, 0.15) is 5.75 Å². The largest absolute Gasteiger partial charge is 0.497 e. The smallest absolute Gasteiger partial charge is 0.243 e. The van der Waals surface area contributed by atoms with Crippen molar-refractivity contribution in [3.05, 3.63) is 60.2 Å². The summed E-state index contributed by atoms with van der Waals surface area (Å²) in [5, 5.41) is 14.9. The molecule has 9 heteroatoms. The fourth-order valence-electron chi connectivity index (χ4n) is 5.87. The first kappa shape index (κ1) is 29.5. The minimum Gasteiger partial charge on any atom is -0.497 e. The van der Waals surface area contributed by atoms with Gasteiger partial charge in [-0.25, -0.2) is 8.42 Å². The van der Waals surface area contributed by atoms with Gasteiger partial charge in [0.15, 0.2) is 0 Å². The van der Waals surface area contributed by atoms with E-state index in [-0.39, 0.29) is 41.3 Å². The summed E-state index contributed by atoms with van der Waals surface area (Å²) in [6.07, 6.45) is 3.04. The maximum absolute atomic E-state index is 13.7. The summed E-state index contributed by atoms with van der Waals surface area (Å²) < 4.78 is 39.9. The molecule has 2 aromatic rings. The van der Waals surface area contributed by atoms with E-state index in [2.05, 4.69) is 5.32 Å². The second-order valence-electron chi connectivity index (χ2n) is 11.5. The third-order valence-electron chi connectivity index (χ3n) is 8.19. The average Bonchev–Trinajstić information content (AvgIpc) is 3.57. The molecule has 1 saturated carbocycles. The zero-order valence-electron chi connectivity index (χ0n) is 23.4. The zero-order chi connectivity index (χ0) is 28.3. The normalized spacial score (nSPS) is 23.7. The SMILES string of the molecule is COc1ccc(S(=O)(=O)N(CC(C)C)C[C@@H](O)[C@@](C)(NC(=O)C2CCC3(CCCO3)C2)c2ccccc2)cc1. The number of hydrogen-bond donors (Lipinski definition) is 2. The number of rotatable bonds is 11. The molecule has 2 aromatic carbocycles. The summed E-state index contributed by atoms with van der Waals surface area (Å²) in [4.78, 5) is 13.7. The fourth-order valence-corrected chi connectivity index (χ4v) is 7.48. The van der Waals surface area contributed by atoms with Gasteiger partial charge in [0.25, 0.3) is 0 Å². The molecule has 0 radical (unpaired) electrons. The molecule has 1 saturated heterocycles. The van der Waals surface area contributed by atoms with Crippen LogP contribution < -0.4 is 10.1 Å². The molecule has 4 rings (SSSR count). The lowest BCUT2D eigenvalue weighted by Crippen LogP contribution is -2.57. The molecule has 4 atom stereocenters. The highest BCUT2D eigenvalue weighted by atomic mass is 32.2. The number of carbonyl (C=O) groups excluding carboxylic acids is 1. The number of methoxy groups -OCH3 is 1. The zero-order valence-corrected chi connectivity index (χ0v) is 24.2. The summed E-state index contributed by atoms with van der Waals surface area (Å²) in [5.74, 6) is 0.221. The van der Waals surface area contributed by atoms with Crippen molar-refractivity contribution in [1.29, 1.82) is 0 Å². The van der Waals surface area contributed by atoms with Gasteiger partial charge in [-0.1, -0.05) is 44.2 Å². The Morgan fingerprint density at radius 1 is 1.15 bits per heavy atom. The molecule has 2 unspecified atom stereocenters. The minimum absolute atomic E-state index is 0.0175. The molecular formula is C30H42N2O6S. The Labute approximate surface area is 232 Å². The number of ether oxygens (including phenoxy) is 2. The van der Waals surface area contributed by atoms with Crippen LogP contribution in [0, 0.1) is 11.8 Å². The van der Waals surface area contributed by atoms with Crippen molar-refractivity contribution in [3.63, 3.8) is 0 Å². The van der Waals surface area contributed by atoms with Crippen LogP contribution in [0.4, 0.5) is 0 Å². The number of amides is 1. The third kappa shape index (κ3) is 6.48. The lowest BCUT2D eigenvalue weighted by molar-refractivity contribution is -0.129. The highest BCUT2D eigenvalue weighted by molar-refractivity contribution is 7.89. The van der Waals surface area contributed by atoms with E-state index >= 15 is 0 Å². The molecule has 0 bridgehead atoms. The Bertz CT molecular complexity index is 1210. The van der Waals surface area contributed by atoms with E-state index in [1.165, 1.54) is 23.5 Å². The molecule has 2 fully saturated rings. The van der Waals surface area contributed by atoms with Crippen LogP contribution in [0.1, 0.15) is 58.4 Å². The van der Waals surface area contributed by atoms with E-state index < -0.39 is 21.7 Å². The standard InChI is InChI=1S/C30H42N2O6S/c1-22(2)20-32(39(35,36)26-13-11-25(37-4)12-14-26)21-27(33)29(3,24-9-6-5-7-10-24)31-28(34)23-15-17-30(19-23)16-8-18-38-30/h5-7,9-14,22-23,27,33H,8,15-21H2,1-4H3,(H,31,34)/t23?,27-,29+,30?/m1/s1. The van der Waals surface area contributed by atoms with Gasteiger partial charge in [-0.3, -0.25) is 4.79 Å². The number of carbonyl (C=O) groups is 1. The molecule has 1 heterocycles. The van der Waals surface area contributed by atoms with Gasteiger partial charge in [0.2, 0.25) is 15.9 Å². The summed E-state index contributed by atoms with van der Waals surface area (Å²) in [5.41, 5.74) is -0.707. The Balaban J connectivity index is 1.60. The number of aliphatic hydroxyl groups excluding tert-OH is 1. The van der Waals surface area contributed by atoms with Gasteiger partial charge in [0.05, 0.1) is 29.2 Å². The van der Waals surface area contributed by atoms with E-state index in [0.29, 0.717) is 17.7 Å². The second-order valence-corrected chi connectivity index (χ2v) is 13.5. The van der Waals surface area contributed by atoms with Crippen LogP contribution in [-0.2, 0) is 25.1 Å². The van der Waals surface area contributed by atoms with Crippen LogP contribution in [0.5, 0.6) is 5.75 Å². The highest BCUT2D eigenvalue weighted by Gasteiger charge is 2.47. The van der Waals surface area contributed by atoms with Crippen molar-refractivity contribution < 1.29 is 27.8 Å². The Morgan fingerprint density at radius 2 is 1.85 bits per heavy atom. The molecular weight excluding hydrogens is 516 g/mol. The van der Waals surface area contributed by atoms with E-state index in [1.807, 2.05) is 44.2 Å². The van der Waals surface area contributed by atoms with Gasteiger partial charge in [0, 0.05) is 25.6 Å². The van der Waals surface area contributed by atoms with E-state index in [4.69, 9.17) is 9.47 Å². The second kappa shape index (κ2) is 12.0. The highest BCUT2D eigenvalue weighted by Crippen LogP contribution is 2.44. The molecule has 214 valence electrons. The summed E-state index contributed by atoms with van der Waals surface area (Å²) >= 11 is 0. The lowest BCUT2D eigenvalue weighted by Gasteiger charge is -2.39. The molecule has 8 nitrogen and oxygen atoms in total. The van der Waals surface area contributed by atoms with E-state index in [1.54, 1.807) is 19.1 Å². The number of nitrogens with one attached hydrogen (secondary N) is 1. The minimum atomic E-state index is -3.93. The predicted molar refractivity (Wildman–Crippen MR) is 150 cm³/mol. The summed E-state index contributed by atoms with van der Waals surface area (Å²) in [6, 6.07) is 15.5. The quantitative estimate of drug-likeness (QED) is 0.431. The van der Waals surface area contributed by atoms with Gasteiger partial charge in [-0.15, -0.1) is 0 Å². The number of sulfonamides is 1. The fraction of sp³-hybridized carbons (Fsp3) is 0.567. The van der Waals surface area contributed by atoms with Gasteiger partial charge >= 0.3 is 0 Å². The molecule has 1 aliphatic heterocycles. The molecule has 1 spiro atoms. The van der Waals surface area contributed by atoms with Crippen molar-refractivity contribution in [3.8, 4) is 5.75 Å². The first-order valence-corrected chi connectivity index (χ1v) is 15.3. The molecule has 1 amide bonds. The summed E-state index contributed by atoms with van der Waals surface area (Å²) in [6.45, 7) is 6.41. The van der Waals surface area contributed by atoms with Crippen LogP contribution in [-0.4, -0.2) is 62.2 Å². The Kier molecular flexibility index (Phi) is 9.05. The maximum atomic E-state index is 13.7. The number of nitrogens with zero attached hydrogens (tertiary/aromatic N) is 1. The number of hydrogen-bond acceptors (Lipinski definition) is 6. The van der Waals surface area contributed by atoms with Crippen molar-refractivity contribution in [2.45, 2.75) is 75.0 Å². The van der Waals surface area contributed by atoms with Crippen molar-refractivity contribution in [2.24, 2.45) is 11.8 Å². The summed E-state index contributed by atoms with van der Waals surface area (Å²) in [7, 11) is -2.41. The van der Waals surface area contributed by atoms with Crippen LogP contribution in [0.2, 0.25) is 0 Å². The van der Waals surface area contributed by atoms with Crippen LogP contribution in [0.25, 0.3) is 0 Å². The van der Waals surface area contributed by atoms with Crippen LogP contribution >= 0.6 is 0 Å². The first-order chi connectivity index (χ1) is 18.5. The topological polar surface area (TPSA) is 105 Å². The van der Waals surface area contributed by atoms with E-state index in [0.717, 1.165) is 32.3 Å². The molecule has 2 N–H and O–H groups in total. The average molecular weight is 559 g/mol. The predicted octanol–water partition coefficient (Wildman–Crippen LogP) is 4.08. The van der Waals surface area contributed by atoms with Crippen molar-refractivity contribution >= 4 is 15.9 Å². The molecule has 39 heavy (non-hydrogen) atoms. The van der Waals surface area contributed by atoms with Gasteiger partial charge in [-0.05, 0) is 74.8 Å². The van der Waals surface area contributed by atoms with Crippen molar-refractivity contribution in [1.82, 2.24) is 9.62 Å². The molecule has 0 aromatic heterocycles. The lowest BCUT2D eigenvalue weighted by atomic mass is 9.85.